The van der Waals surface area contributed by atoms with Crippen LogP contribution in [0.1, 0.15) is 16.1 Å². The monoisotopic (exact) mass is 345 g/mol. The van der Waals surface area contributed by atoms with Crippen LogP contribution in [-0.2, 0) is 11.8 Å². The van der Waals surface area contributed by atoms with Gasteiger partial charge in [0.1, 0.15) is 18.1 Å². The highest BCUT2D eigenvalue weighted by Crippen LogP contribution is 2.26. The maximum Gasteiger partial charge on any atom is 0.354 e. The molecule has 0 saturated carbocycles. The van der Waals surface area contributed by atoms with Crippen LogP contribution in [0.5, 0.6) is 5.75 Å². The van der Waals surface area contributed by atoms with Crippen molar-refractivity contribution in [3.8, 4) is 17.0 Å². The molecular formula is C18H23N3O4. The molecule has 0 unspecified atom stereocenters. The van der Waals surface area contributed by atoms with Gasteiger partial charge in [0.25, 0.3) is 0 Å². The quantitative estimate of drug-likeness (QED) is 0.860. The number of aromatic nitrogens is 2. The minimum atomic E-state index is -0.985. The predicted octanol–water partition coefficient (Wildman–Crippen LogP) is 1.80. The number of ether oxygens (including phenoxy) is 2. The van der Waals surface area contributed by atoms with Crippen molar-refractivity contribution >= 4 is 5.97 Å². The highest BCUT2D eigenvalue weighted by molar-refractivity contribution is 5.87. The molecule has 7 nitrogen and oxygen atoms in total. The molecule has 0 aliphatic carbocycles. The maximum atomic E-state index is 11.1. The van der Waals surface area contributed by atoms with Crippen LogP contribution in [0.4, 0.5) is 0 Å². The van der Waals surface area contributed by atoms with E-state index in [1.54, 1.807) is 13.1 Å². The van der Waals surface area contributed by atoms with Gasteiger partial charge in [-0.3, -0.25) is 9.58 Å². The maximum absolute atomic E-state index is 11.1. The van der Waals surface area contributed by atoms with Crippen LogP contribution in [0, 0.1) is 6.92 Å². The Bertz CT molecular complexity index is 751. The molecule has 0 amide bonds. The number of benzene rings is 1. The summed E-state index contributed by atoms with van der Waals surface area (Å²) in [5.41, 5.74) is 2.68. The third-order valence-corrected chi connectivity index (χ3v) is 4.34. The normalized spacial score (nSPS) is 15.3. The van der Waals surface area contributed by atoms with Gasteiger partial charge in [0, 0.05) is 32.2 Å². The van der Waals surface area contributed by atoms with Crippen LogP contribution in [-0.4, -0.2) is 65.2 Å². The van der Waals surface area contributed by atoms with Gasteiger partial charge in [-0.05, 0) is 36.8 Å². The van der Waals surface area contributed by atoms with Gasteiger partial charge in [0.15, 0.2) is 0 Å². The van der Waals surface area contributed by atoms with Crippen LogP contribution in [0.2, 0.25) is 0 Å². The van der Waals surface area contributed by atoms with Crippen molar-refractivity contribution in [1.82, 2.24) is 14.7 Å². The first-order valence-corrected chi connectivity index (χ1v) is 8.36. The van der Waals surface area contributed by atoms with Crippen LogP contribution in [0.3, 0.4) is 0 Å². The number of aromatic carboxylic acids is 1. The molecule has 25 heavy (non-hydrogen) atoms. The lowest BCUT2D eigenvalue weighted by Gasteiger charge is -2.26. The number of carbonyl (C=O) groups is 1. The minimum absolute atomic E-state index is 0.165. The molecule has 2 aromatic rings. The molecule has 1 aromatic heterocycles. The zero-order chi connectivity index (χ0) is 17.8. The van der Waals surface area contributed by atoms with Gasteiger partial charge in [0.05, 0.1) is 18.9 Å². The Kier molecular flexibility index (Phi) is 5.35. The highest BCUT2D eigenvalue weighted by Gasteiger charge is 2.14. The summed E-state index contributed by atoms with van der Waals surface area (Å²) in [6.07, 6.45) is 0. The Balaban J connectivity index is 1.64. The van der Waals surface area contributed by atoms with Gasteiger partial charge in [-0.1, -0.05) is 0 Å². The summed E-state index contributed by atoms with van der Waals surface area (Å²) in [5, 5.41) is 13.4. The zero-order valence-corrected chi connectivity index (χ0v) is 14.6. The first-order chi connectivity index (χ1) is 12.0. The molecule has 1 N–H and O–H groups in total. The van der Waals surface area contributed by atoms with Gasteiger partial charge in [-0.15, -0.1) is 0 Å². The summed E-state index contributed by atoms with van der Waals surface area (Å²) in [6, 6.07) is 7.37. The van der Waals surface area contributed by atoms with E-state index in [4.69, 9.17) is 14.6 Å². The highest BCUT2D eigenvalue weighted by atomic mass is 16.5. The summed E-state index contributed by atoms with van der Waals surface area (Å²) < 4.78 is 12.6. The molecule has 2 heterocycles. The van der Waals surface area contributed by atoms with Crippen molar-refractivity contribution in [2.45, 2.75) is 6.92 Å². The molecule has 1 fully saturated rings. The number of rotatable bonds is 6. The molecule has 1 saturated heterocycles. The first kappa shape index (κ1) is 17.4. The van der Waals surface area contributed by atoms with Crippen molar-refractivity contribution in [1.29, 1.82) is 0 Å². The summed E-state index contributed by atoms with van der Waals surface area (Å²) in [4.78, 5) is 13.5. The number of hydrogen-bond donors (Lipinski definition) is 1. The summed E-state index contributed by atoms with van der Waals surface area (Å²) in [6.45, 7) is 6.97. The number of carboxylic acid groups (broad SMARTS) is 1. The summed E-state index contributed by atoms with van der Waals surface area (Å²) >= 11 is 0. The fourth-order valence-electron chi connectivity index (χ4n) is 2.89. The van der Waals surface area contributed by atoms with Crippen LogP contribution in [0.25, 0.3) is 11.3 Å². The predicted molar refractivity (Wildman–Crippen MR) is 93.1 cm³/mol. The van der Waals surface area contributed by atoms with Gasteiger partial charge in [-0.2, -0.15) is 5.10 Å². The molecule has 1 aromatic carbocycles. The standard InChI is InChI=1S/C18H23N3O4/c1-13-11-14(15-12-16(18(22)23)20(2)19-15)3-4-17(13)25-10-7-21-5-8-24-9-6-21/h3-4,11-12H,5-10H2,1-2H3,(H,22,23). The van der Waals surface area contributed by atoms with E-state index in [1.165, 1.54) is 4.68 Å². The van der Waals surface area contributed by atoms with Crippen molar-refractivity contribution in [3.05, 3.63) is 35.5 Å². The molecule has 0 radical (unpaired) electrons. The smallest absolute Gasteiger partial charge is 0.354 e. The van der Waals surface area contributed by atoms with Crippen molar-refractivity contribution in [2.24, 2.45) is 7.05 Å². The van der Waals surface area contributed by atoms with Gasteiger partial charge in [0.2, 0.25) is 0 Å². The van der Waals surface area contributed by atoms with Crippen LogP contribution < -0.4 is 4.74 Å². The molecule has 3 rings (SSSR count). The Morgan fingerprint density at radius 2 is 2.08 bits per heavy atom. The van der Waals surface area contributed by atoms with E-state index in [2.05, 4.69) is 10.00 Å². The lowest BCUT2D eigenvalue weighted by molar-refractivity contribution is 0.0322. The van der Waals surface area contributed by atoms with Gasteiger partial charge < -0.3 is 14.6 Å². The molecule has 0 atom stereocenters. The fourth-order valence-corrected chi connectivity index (χ4v) is 2.89. The van der Waals surface area contributed by atoms with Crippen LogP contribution in [0.15, 0.2) is 24.3 Å². The van der Waals surface area contributed by atoms with Gasteiger partial charge >= 0.3 is 5.97 Å². The van der Waals surface area contributed by atoms with E-state index in [9.17, 15) is 4.79 Å². The zero-order valence-electron chi connectivity index (χ0n) is 14.6. The third kappa shape index (κ3) is 4.18. The molecule has 0 spiro atoms. The largest absolute Gasteiger partial charge is 0.492 e. The number of morpholine rings is 1. The average molecular weight is 345 g/mol. The minimum Gasteiger partial charge on any atom is -0.492 e. The summed E-state index contributed by atoms with van der Waals surface area (Å²) in [7, 11) is 1.63. The van der Waals surface area contributed by atoms with E-state index in [0.29, 0.717) is 12.3 Å². The Labute approximate surface area is 146 Å². The second kappa shape index (κ2) is 7.67. The molecule has 0 bridgehead atoms. The van der Waals surface area contributed by atoms with E-state index in [-0.39, 0.29) is 5.69 Å². The molecular weight excluding hydrogens is 322 g/mol. The Morgan fingerprint density at radius 3 is 2.72 bits per heavy atom. The third-order valence-electron chi connectivity index (χ3n) is 4.34. The van der Waals surface area contributed by atoms with E-state index < -0.39 is 5.97 Å². The van der Waals surface area contributed by atoms with Crippen molar-refractivity contribution in [2.75, 3.05) is 39.5 Å². The fraction of sp³-hybridized carbons (Fsp3) is 0.444. The SMILES string of the molecule is Cc1cc(-c2cc(C(=O)O)n(C)n2)ccc1OCCN1CCOCC1. The average Bonchev–Trinajstić information content (AvgIpc) is 2.99. The summed E-state index contributed by atoms with van der Waals surface area (Å²) in [5.74, 6) is -0.146. The molecule has 134 valence electrons. The number of carboxylic acids is 1. The van der Waals surface area contributed by atoms with E-state index in [1.807, 2.05) is 25.1 Å². The molecule has 7 heteroatoms. The number of nitrogens with zero attached hydrogens (tertiary/aromatic N) is 3. The van der Waals surface area contributed by atoms with Crippen molar-refractivity contribution in [3.63, 3.8) is 0 Å². The lowest BCUT2D eigenvalue weighted by Crippen LogP contribution is -2.38. The van der Waals surface area contributed by atoms with E-state index >= 15 is 0 Å². The second-order valence-corrected chi connectivity index (χ2v) is 6.13. The van der Waals surface area contributed by atoms with Crippen molar-refractivity contribution < 1.29 is 19.4 Å². The second-order valence-electron chi connectivity index (χ2n) is 6.13. The Hall–Kier alpha value is -2.38. The van der Waals surface area contributed by atoms with Crippen LogP contribution >= 0.6 is 0 Å². The van der Waals surface area contributed by atoms with E-state index in [0.717, 1.165) is 49.7 Å². The molecule has 1 aliphatic rings. The van der Waals surface area contributed by atoms with Gasteiger partial charge in [-0.25, -0.2) is 4.79 Å². The number of aryl methyl sites for hydroxylation is 2. The molecule has 1 aliphatic heterocycles. The lowest BCUT2D eigenvalue weighted by atomic mass is 10.1. The first-order valence-electron chi connectivity index (χ1n) is 8.36. The number of hydrogen-bond acceptors (Lipinski definition) is 5. The topological polar surface area (TPSA) is 76.8 Å². The Morgan fingerprint density at radius 1 is 1.32 bits per heavy atom.